The minimum atomic E-state index is -0.508. The number of H-pyrrole nitrogens is 1. The Bertz CT molecular complexity index is 1220. The van der Waals surface area contributed by atoms with Gasteiger partial charge in [0.1, 0.15) is 0 Å². The zero-order valence-electron chi connectivity index (χ0n) is 15.1. The maximum Gasteiger partial charge on any atom is 0.276 e. The van der Waals surface area contributed by atoms with Crippen LogP contribution in [0.3, 0.4) is 0 Å². The van der Waals surface area contributed by atoms with Crippen LogP contribution in [0.15, 0.2) is 48.5 Å². The van der Waals surface area contributed by atoms with E-state index < -0.39 is 10.8 Å². The molecule has 140 valence electrons. The van der Waals surface area contributed by atoms with Gasteiger partial charge in [-0.2, -0.15) is 10.2 Å². The van der Waals surface area contributed by atoms with Crippen molar-refractivity contribution in [3.63, 3.8) is 0 Å². The van der Waals surface area contributed by atoms with Crippen LogP contribution in [0.2, 0.25) is 0 Å². The van der Waals surface area contributed by atoms with E-state index in [4.69, 9.17) is 0 Å². The summed E-state index contributed by atoms with van der Waals surface area (Å²) in [5.74, 6) is -0.472. The Morgan fingerprint density at radius 2 is 1.96 bits per heavy atom. The lowest BCUT2D eigenvalue weighted by atomic mass is 10.1. The van der Waals surface area contributed by atoms with Crippen molar-refractivity contribution < 1.29 is 9.72 Å². The third-order valence-corrected chi connectivity index (χ3v) is 4.36. The maximum absolute atomic E-state index is 12.9. The molecule has 0 radical (unpaired) electrons. The first-order valence-electron chi connectivity index (χ1n) is 8.50. The van der Waals surface area contributed by atoms with Crippen LogP contribution in [0, 0.1) is 24.0 Å². The molecule has 0 unspecified atom stereocenters. The molecular weight excluding hydrogens is 360 g/mol. The zero-order valence-corrected chi connectivity index (χ0v) is 15.1. The number of aryl methyl sites for hydroxylation is 2. The molecule has 9 nitrogen and oxygen atoms in total. The summed E-state index contributed by atoms with van der Waals surface area (Å²) in [6.45, 7) is 3.83. The number of anilines is 1. The molecule has 4 rings (SSSR count). The molecule has 0 spiro atoms. The van der Waals surface area contributed by atoms with Crippen molar-refractivity contribution in [1.29, 1.82) is 0 Å². The summed E-state index contributed by atoms with van der Waals surface area (Å²) in [4.78, 5) is 23.4. The van der Waals surface area contributed by atoms with Crippen molar-refractivity contribution >= 4 is 28.2 Å². The molecule has 2 heterocycles. The average molecular weight is 376 g/mol. The topological polar surface area (TPSA) is 119 Å². The number of nitrogens with one attached hydrogen (secondary N) is 2. The third-order valence-electron chi connectivity index (χ3n) is 4.36. The fraction of sp³-hybridized carbons (Fsp3) is 0.105. The molecule has 0 atom stereocenters. The first-order chi connectivity index (χ1) is 13.4. The van der Waals surface area contributed by atoms with Crippen LogP contribution in [0.25, 0.3) is 16.6 Å². The summed E-state index contributed by atoms with van der Waals surface area (Å²) < 4.78 is 1.75. The van der Waals surface area contributed by atoms with Crippen molar-refractivity contribution in [2.75, 3.05) is 5.32 Å². The Morgan fingerprint density at radius 3 is 2.68 bits per heavy atom. The number of rotatable bonds is 4. The number of nitrogens with zero attached hydrogens (tertiary/aromatic N) is 4. The highest BCUT2D eigenvalue weighted by atomic mass is 16.6. The molecule has 2 aromatic heterocycles. The van der Waals surface area contributed by atoms with E-state index in [1.807, 2.05) is 32.0 Å². The molecule has 2 aromatic carbocycles. The quantitative estimate of drug-likeness (QED) is 0.417. The number of nitro groups is 1. The Kier molecular flexibility index (Phi) is 4.11. The second-order valence-electron chi connectivity index (χ2n) is 6.37. The number of hydrogen-bond acceptors (Lipinski definition) is 5. The third kappa shape index (κ3) is 2.98. The van der Waals surface area contributed by atoms with Crippen molar-refractivity contribution in [2.24, 2.45) is 0 Å². The highest BCUT2D eigenvalue weighted by molar-refractivity contribution is 6.12. The van der Waals surface area contributed by atoms with E-state index in [0.717, 1.165) is 11.4 Å². The molecule has 0 saturated heterocycles. The van der Waals surface area contributed by atoms with E-state index in [1.54, 1.807) is 16.8 Å². The number of fused-ring (bicyclic) bond motifs is 1. The second-order valence-corrected chi connectivity index (χ2v) is 6.37. The lowest BCUT2D eigenvalue weighted by Gasteiger charge is -2.12. The lowest BCUT2D eigenvalue weighted by molar-refractivity contribution is -0.384. The van der Waals surface area contributed by atoms with E-state index in [0.29, 0.717) is 22.3 Å². The van der Waals surface area contributed by atoms with Crippen molar-refractivity contribution in [2.45, 2.75) is 13.8 Å². The predicted octanol–water partition coefficient (Wildman–Crippen LogP) is 3.53. The number of carbonyl (C=O) groups excluding carboxylic acids is 1. The predicted molar refractivity (Wildman–Crippen MR) is 104 cm³/mol. The largest absolute Gasteiger partial charge is 0.319 e. The van der Waals surface area contributed by atoms with Gasteiger partial charge in [0.05, 0.1) is 27.5 Å². The zero-order chi connectivity index (χ0) is 19.8. The fourth-order valence-electron chi connectivity index (χ4n) is 3.11. The number of hydrogen-bond donors (Lipinski definition) is 2. The van der Waals surface area contributed by atoms with Crippen LogP contribution in [-0.2, 0) is 0 Å². The van der Waals surface area contributed by atoms with Gasteiger partial charge in [-0.15, -0.1) is 0 Å². The highest BCUT2D eigenvalue weighted by Crippen LogP contribution is 2.25. The smallest absolute Gasteiger partial charge is 0.276 e. The number of aromatic nitrogens is 4. The van der Waals surface area contributed by atoms with Crippen LogP contribution >= 0.6 is 0 Å². The van der Waals surface area contributed by atoms with Gasteiger partial charge in [-0.1, -0.05) is 12.1 Å². The number of nitro benzene ring substituents is 1. The van der Waals surface area contributed by atoms with Gasteiger partial charge < -0.3 is 5.32 Å². The van der Waals surface area contributed by atoms with E-state index in [9.17, 15) is 14.9 Å². The van der Waals surface area contributed by atoms with Gasteiger partial charge in [0.2, 0.25) is 0 Å². The lowest BCUT2D eigenvalue weighted by Crippen LogP contribution is -2.15. The van der Waals surface area contributed by atoms with Crippen molar-refractivity contribution in [1.82, 2.24) is 20.0 Å². The molecule has 4 aromatic rings. The van der Waals surface area contributed by atoms with Gasteiger partial charge in [-0.05, 0) is 38.1 Å². The number of amides is 1. The van der Waals surface area contributed by atoms with Gasteiger partial charge >= 0.3 is 0 Å². The maximum atomic E-state index is 12.9. The number of para-hydroxylation sites is 2. The van der Waals surface area contributed by atoms with Gasteiger partial charge in [0.25, 0.3) is 11.6 Å². The number of aromatic amines is 1. The molecule has 9 heteroatoms. The molecule has 1 amide bonds. The Balaban J connectivity index is 1.72. The summed E-state index contributed by atoms with van der Waals surface area (Å²) in [5, 5.41) is 25.5. The van der Waals surface area contributed by atoms with E-state index >= 15 is 0 Å². The van der Waals surface area contributed by atoms with Crippen LogP contribution < -0.4 is 5.32 Å². The van der Waals surface area contributed by atoms with Crippen molar-refractivity contribution in [3.05, 3.63) is 75.7 Å². The average Bonchev–Trinajstić information content (AvgIpc) is 3.24. The summed E-state index contributed by atoms with van der Waals surface area (Å²) in [7, 11) is 0. The van der Waals surface area contributed by atoms with Crippen LogP contribution in [0.4, 0.5) is 11.4 Å². The summed E-state index contributed by atoms with van der Waals surface area (Å²) in [6, 6.07) is 13.4. The van der Waals surface area contributed by atoms with Gasteiger partial charge in [-0.25, -0.2) is 4.68 Å². The van der Waals surface area contributed by atoms with E-state index in [2.05, 4.69) is 20.6 Å². The first-order valence-corrected chi connectivity index (χ1v) is 8.50. The summed E-state index contributed by atoms with van der Waals surface area (Å²) in [6.07, 6.45) is 0. The minimum absolute atomic E-state index is 0.0851. The van der Waals surface area contributed by atoms with Gasteiger partial charge in [0.15, 0.2) is 5.69 Å². The Hall–Kier alpha value is -4.01. The standard InChI is InChI=1S/C19H16N6O3/c1-11-9-12(2)24(23-11)17-6-4-3-5-16(17)20-19(26)18-14-10-13(25(27)28)7-8-15(14)21-22-18/h3-10H,1-2H3,(H,20,26)(H,21,22). The normalized spacial score (nSPS) is 10.9. The number of non-ortho nitro benzene ring substituents is 1. The van der Waals surface area contributed by atoms with Crippen LogP contribution in [-0.4, -0.2) is 30.8 Å². The molecule has 0 saturated carbocycles. The SMILES string of the molecule is Cc1cc(C)n(-c2ccccc2NC(=O)c2n[nH]c3ccc([N+](=O)[O-])cc23)n1. The summed E-state index contributed by atoms with van der Waals surface area (Å²) in [5.41, 5.74) is 3.59. The molecule has 0 bridgehead atoms. The first kappa shape index (κ1) is 17.4. The second kappa shape index (κ2) is 6.62. The fourth-order valence-corrected chi connectivity index (χ4v) is 3.11. The Labute approximate surface area is 159 Å². The molecule has 2 N–H and O–H groups in total. The van der Waals surface area contributed by atoms with Gasteiger partial charge in [0, 0.05) is 23.2 Å². The molecule has 28 heavy (non-hydrogen) atoms. The number of benzene rings is 2. The Morgan fingerprint density at radius 1 is 1.18 bits per heavy atom. The minimum Gasteiger partial charge on any atom is -0.319 e. The summed E-state index contributed by atoms with van der Waals surface area (Å²) >= 11 is 0. The molecule has 0 aliphatic rings. The van der Waals surface area contributed by atoms with Crippen LogP contribution in [0.1, 0.15) is 21.9 Å². The van der Waals surface area contributed by atoms with E-state index in [-0.39, 0.29) is 11.4 Å². The highest BCUT2D eigenvalue weighted by Gasteiger charge is 2.19. The van der Waals surface area contributed by atoms with E-state index in [1.165, 1.54) is 18.2 Å². The molecule has 0 fully saturated rings. The monoisotopic (exact) mass is 376 g/mol. The molecular formula is C19H16N6O3. The number of carbonyl (C=O) groups is 1. The van der Waals surface area contributed by atoms with Gasteiger partial charge in [-0.3, -0.25) is 20.0 Å². The van der Waals surface area contributed by atoms with Crippen LogP contribution in [0.5, 0.6) is 0 Å². The van der Waals surface area contributed by atoms with Crippen molar-refractivity contribution in [3.8, 4) is 5.69 Å². The molecule has 0 aliphatic heterocycles. The molecule has 0 aliphatic carbocycles.